The number of benzene rings is 1. The second kappa shape index (κ2) is 7.83. The maximum absolute atomic E-state index is 12.7. The van der Waals surface area contributed by atoms with Gasteiger partial charge in [0.25, 0.3) is 0 Å². The molecule has 0 saturated heterocycles. The first-order valence-electron chi connectivity index (χ1n) is 6.90. The van der Waals surface area contributed by atoms with E-state index in [2.05, 4.69) is 5.32 Å². The molecule has 1 aromatic rings. The summed E-state index contributed by atoms with van der Waals surface area (Å²) < 4.78 is 38.0. The summed E-state index contributed by atoms with van der Waals surface area (Å²) in [5.74, 6) is -1.28. The predicted octanol–water partition coefficient (Wildman–Crippen LogP) is 4.20. The molecule has 0 aliphatic heterocycles. The largest absolute Gasteiger partial charge is 0.481 e. The highest BCUT2D eigenvalue weighted by Crippen LogP contribution is 2.31. The molecule has 2 N–H and O–H groups in total. The molecule has 0 aliphatic rings. The molecule has 0 saturated carbocycles. The fourth-order valence-corrected chi connectivity index (χ4v) is 2.29. The second-order valence-electron chi connectivity index (χ2n) is 5.60. The van der Waals surface area contributed by atoms with Crippen molar-refractivity contribution >= 4 is 17.6 Å². The van der Waals surface area contributed by atoms with Crippen molar-refractivity contribution in [3.63, 3.8) is 0 Å². The number of aliphatic carboxylic acids is 1. The van der Waals surface area contributed by atoms with E-state index < -0.39 is 23.6 Å². The minimum Gasteiger partial charge on any atom is -0.481 e. The van der Waals surface area contributed by atoms with E-state index in [9.17, 15) is 18.0 Å². The molecule has 0 fully saturated rings. The number of carboxylic acids is 1. The molecule has 22 heavy (non-hydrogen) atoms. The first kappa shape index (κ1) is 18.8. The van der Waals surface area contributed by atoms with E-state index in [0.29, 0.717) is 12.0 Å². The number of nitrogens with one attached hydrogen (secondary N) is 1. The number of alkyl halides is 3. The average molecular weight is 338 g/mol. The SMILES string of the molecule is CC(C)CC(CNCc1cc(C(F)(F)F)ccc1Cl)C(=O)O. The highest BCUT2D eigenvalue weighted by atomic mass is 35.5. The quantitative estimate of drug-likeness (QED) is 0.784. The van der Waals surface area contributed by atoms with Crippen LogP contribution in [0.25, 0.3) is 0 Å². The molecule has 0 spiro atoms. The molecule has 1 atom stereocenters. The van der Waals surface area contributed by atoms with Crippen molar-refractivity contribution < 1.29 is 23.1 Å². The molecule has 124 valence electrons. The standard InChI is InChI=1S/C15H19ClF3NO2/c1-9(2)5-11(14(21)22)8-20-7-10-6-12(15(17,18)19)3-4-13(10)16/h3-4,6,9,11,20H,5,7-8H2,1-2H3,(H,21,22). The van der Waals surface area contributed by atoms with Gasteiger partial charge in [0.1, 0.15) is 0 Å². The van der Waals surface area contributed by atoms with Crippen molar-refractivity contribution in [2.75, 3.05) is 6.54 Å². The smallest absolute Gasteiger partial charge is 0.416 e. The molecule has 0 bridgehead atoms. The van der Waals surface area contributed by atoms with Gasteiger partial charge in [-0.2, -0.15) is 13.2 Å². The molecule has 0 aliphatic carbocycles. The van der Waals surface area contributed by atoms with Crippen LogP contribution < -0.4 is 5.32 Å². The Morgan fingerprint density at radius 3 is 2.50 bits per heavy atom. The van der Waals surface area contributed by atoms with E-state index in [4.69, 9.17) is 16.7 Å². The zero-order valence-corrected chi connectivity index (χ0v) is 13.1. The zero-order valence-electron chi connectivity index (χ0n) is 12.4. The summed E-state index contributed by atoms with van der Waals surface area (Å²) in [6, 6.07) is 3.10. The van der Waals surface area contributed by atoms with Crippen LogP contribution in [0.15, 0.2) is 18.2 Å². The van der Waals surface area contributed by atoms with Crippen LogP contribution in [0, 0.1) is 11.8 Å². The Hall–Kier alpha value is -1.27. The number of halogens is 4. The Labute approximate surface area is 132 Å². The molecule has 1 rings (SSSR count). The average Bonchev–Trinajstić information content (AvgIpc) is 2.37. The summed E-state index contributed by atoms with van der Waals surface area (Å²) in [5.41, 5.74) is -0.476. The highest BCUT2D eigenvalue weighted by molar-refractivity contribution is 6.31. The summed E-state index contributed by atoms with van der Waals surface area (Å²) in [7, 11) is 0. The Bertz CT molecular complexity index is 518. The number of carboxylic acid groups (broad SMARTS) is 1. The lowest BCUT2D eigenvalue weighted by molar-refractivity contribution is -0.142. The molecule has 3 nitrogen and oxygen atoms in total. The minimum absolute atomic E-state index is 0.0879. The number of hydrogen-bond donors (Lipinski definition) is 2. The molecule has 7 heteroatoms. The summed E-state index contributed by atoms with van der Waals surface area (Å²) in [4.78, 5) is 11.1. The van der Waals surface area contributed by atoms with E-state index in [0.717, 1.165) is 12.1 Å². The molecule has 0 amide bonds. The topological polar surface area (TPSA) is 49.3 Å². The van der Waals surface area contributed by atoms with Crippen LogP contribution in [0.4, 0.5) is 13.2 Å². The lowest BCUT2D eigenvalue weighted by atomic mass is 9.97. The van der Waals surface area contributed by atoms with Crippen molar-refractivity contribution in [2.24, 2.45) is 11.8 Å². The molecule has 1 aromatic carbocycles. The molecule has 0 heterocycles. The van der Waals surface area contributed by atoms with E-state index in [-0.39, 0.29) is 24.0 Å². The van der Waals surface area contributed by atoms with Gasteiger partial charge in [-0.1, -0.05) is 25.4 Å². The van der Waals surface area contributed by atoms with Crippen LogP contribution in [0.1, 0.15) is 31.4 Å². The van der Waals surface area contributed by atoms with Crippen LogP contribution in [-0.4, -0.2) is 17.6 Å². The van der Waals surface area contributed by atoms with Gasteiger partial charge in [0.15, 0.2) is 0 Å². The summed E-state index contributed by atoms with van der Waals surface area (Å²) >= 11 is 5.88. The van der Waals surface area contributed by atoms with Gasteiger partial charge in [-0.05, 0) is 36.1 Å². The van der Waals surface area contributed by atoms with Crippen molar-refractivity contribution in [1.82, 2.24) is 5.32 Å². The van der Waals surface area contributed by atoms with Gasteiger partial charge in [-0.3, -0.25) is 4.79 Å². The van der Waals surface area contributed by atoms with Gasteiger partial charge >= 0.3 is 12.1 Å². The maximum atomic E-state index is 12.7. The van der Waals surface area contributed by atoms with Gasteiger partial charge in [0.05, 0.1) is 11.5 Å². The zero-order chi connectivity index (χ0) is 16.9. The normalized spacial score (nSPS) is 13.4. The van der Waals surface area contributed by atoms with Crippen molar-refractivity contribution in [3.05, 3.63) is 34.3 Å². The third-order valence-electron chi connectivity index (χ3n) is 3.18. The van der Waals surface area contributed by atoms with Crippen molar-refractivity contribution in [2.45, 2.75) is 33.0 Å². The lowest BCUT2D eigenvalue weighted by Gasteiger charge is -2.16. The first-order valence-corrected chi connectivity index (χ1v) is 7.28. The summed E-state index contributed by atoms with van der Waals surface area (Å²) in [5, 5.41) is 12.2. The van der Waals surface area contributed by atoms with Gasteiger partial charge in [-0.25, -0.2) is 0 Å². The minimum atomic E-state index is -4.43. The monoisotopic (exact) mass is 337 g/mol. The van der Waals surface area contributed by atoms with E-state index in [1.54, 1.807) is 0 Å². The predicted molar refractivity (Wildman–Crippen MR) is 78.7 cm³/mol. The maximum Gasteiger partial charge on any atom is 0.416 e. The van der Waals surface area contributed by atoms with Crippen LogP contribution in [0.2, 0.25) is 5.02 Å². The second-order valence-corrected chi connectivity index (χ2v) is 6.01. The first-order chi connectivity index (χ1) is 10.1. The van der Waals surface area contributed by atoms with E-state index >= 15 is 0 Å². The molecule has 1 unspecified atom stereocenters. The summed E-state index contributed by atoms with van der Waals surface area (Å²) in [6.07, 6.45) is -3.93. The number of carbonyl (C=O) groups is 1. The fraction of sp³-hybridized carbons (Fsp3) is 0.533. The number of hydrogen-bond acceptors (Lipinski definition) is 2. The van der Waals surface area contributed by atoms with Crippen LogP contribution >= 0.6 is 11.6 Å². The Morgan fingerprint density at radius 2 is 2.00 bits per heavy atom. The molecule has 0 aromatic heterocycles. The Morgan fingerprint density at radius 1 is 1.36 bits per heavy atom. The summed E-state index contributed by atoms with van der Waals surface area (Å²) in [6.45, 7) is 4.10. The Balaban J connectivity index is 2.69. The number of rotatable bonds is 7. The van der Waals surface area contributed by atoms with Crippen LogP contribution in [0.3, 0.4) is 0 Å². The highest BCUT2D eigenvalue weighted by Gasteiger charge is 2.30. The van der Waals surface area contributed by atoms with Gasteiger partial charge in [0, 0.05) is 18.1 Å². The third kappa shape index (κ3) is 5.85. The van der Waals surface area contributed by atoms with Gasteiger partial charge in [0.2, 0.25) is 0 Å². The van der Waals surface area contributed by atoms with Gasteiger partial charge < -0.3 is 10.4 Å². The van der Waals surface area contributed by atoms with Crippen LogP contribution in [0.5, 0.6) is 0 Å². The fourth-order valence-electron chi connectivity index (χ4n) is 2.11. The molecular weight excluding hydrogens is 319 g/mol. The Kier molecular flexibility index (Phi) is 6.68. The van der Waals surface area contributed by atoms with Crippen LogP contribution in [-0.2, 0) is 17.5 Å². The van der Waals surface area contributed by atoms with Crippen molar-refractivity contribution in [1.29, 1.82) is 0 Å². The molecular formula is C15H19ClF3NO2. The molecule has 0 radical (unpaired) electrons. The lowest BCUT2D eigenvalue weighted by Crippen LogP contribution is -2.29. The van der Waals surface area contributed by atoms with Gasteiger partial charge in [-0.15, -0.1) is 0 Å². The van der Waals surface area contributed by atoms with E-state index in [1.165, 1.54) is 6.07 Å². The van der Waals surface area contributed by atoms with Crippen molar-refractivity contribution in [3.8, 4) is 0 Å². The third-order valence-corrected chi connectivity index (χ3v) is 3.55. The van der Waals surface area contributed by atoms with E-state index in [1.807, 2.05) is 13.8 Å².